The molecule has 0 heterocycles. The highest BCUT2D eigenvalue weighted by molar-refractivity contribution is 5.76. The van der Waals surface area contributed by atoms with Crippen LogP contribution in [-0.4, -0.2) is 35.7 Å². The summed E-state index contributed by atoms with van der Waals surface area (Å²) in [4.78, 5) is 11.5. The van der Waals surface area contributed by atoms with E-state index in [0.717, 1.165) is 44.4 Å². The lowest BCUT2D eigenvalue weighted by molar-refractivity contribution is -0.121. The van der Waals surface area contributed by atoms with Gasteiger partial charge in [-0.2, -0.15) is 0 Å². The number of rotatable bonds is 6. The van der Waals surface area contributed by atoms with Gasteiger partial charge in [-0.15, -0.1) is 0 Å². The maximum atomic E-state index is 11.5. The lowest BCUT2D eigenvalue weighted by Crippen LogP contribution is -2.44. The zero-order valence-electron chi connectivity index (χ0n) is 11.4. The van der Waals surface area contributed by atoms with Gasteiger partial charge in [-0.05, 0) is 44.4 Å². The maximum Gasteiger partial charge on any atom is 0.221 e. The van der Waals surface area contributed by atoms with Crippen LogP contribution < -0.4 is 10.6 Å². The van der Waals surface area contributed by atoms with Gasteiger partial charge in [0, 0.05) is 25.6 Å². The van der Waals surface area contributed by atoms with Gasteiger partial charge in [-0.3, -0.25) is 4.79 Å². The van der Waals surface area contributed by atoms with Gasteiger partial charge in [0.1, 0.15) is 0 Å². The van der Waals surface area contributed by atoms with Crippen molar-refractivity contribution in [2.75, 3.05) is 13.1 Å². The maximum absolute atomic E-state index is 11.5. The van der Waals surface area contributed by atoms with E-state index < -0.39 is 5.60 Å². The van der Waals surface area contributed by atoms with Crippen molar-refractivity contribution in [2.45, 2.75) is 63.5 Å². The van der Waals surface area contributed by atoms with Crippen molar-refractivity contribution in [2.24, 2.45) is 5.92 Å². The van der Waals surface area contributed by atoms with Crippen LogP contribution >= 0.6 is 0 Å². The van der Waals surface area contributed by atoms with Crippen LogP contribution in [0.3, 0.4) is 0 Å². The molecule has 2 aliphatic carbocycles. The second-order valence-corrected chi connectivity index (χ2v) is 6.18. The Morgan fingerprint density at radius 1 is 1.28 bits per heavy atom. The fraction of sp³-hybridized carbons (Fsp3) is 0.929. The molecule has 0 radical (unpaired) electrons. The number of carbonyl (C=O) groups excluding carboxylic acids is 1. The Morgan fingerprint density at radius 2 is 1.94 bits per heavy atom. The third kappa shape index (κ3) is 4.58. The summed E-state index contributed by atoms with van der Waals surface area (Å²) in [6.45, 7) is 3.53. The van der Waals surface area contributed by atoms with E-state index in [4.69, 9.17) is 0 Å². The van der Waals surface area contributed by atoms with Gasteiger partial charge >= 0.3 is 0 Å². The van der Waals surface area contributed by atoms with Gasteiger partial charge < -0.3 is 15.7 Å². The quantitative estimate of drug-likeness (QED) is 0.624. The molecule has 0 saturated heterocycles. The van der Waals surface area contributed by atoms with Crippen LogP contribution in [0.4, 0.5) is 0 Å². The Morgan fingerprint density at radius 3 is 2.56 bits per heavy atom. The molecular formula is C14H26N2O2. The summed E-state index contributed by atoms with van der Waals surface area (Å²) in [7, 11) is 0. The van der Waals surface area contributed by atoms with E-state index in [1.807, 2.05) is 0 Å². The molecule has 0 aliphatic heterocycles. The van der Waals surface area contributed by atoms with E-state index in [2.05, 4.69) is 17.6 Å². The summed E-state index contributed by atoms with van der Waals surface area (Å²) in [6, 6.07) is 0.446. The van der Waals surface area contributed by atoms with E-state index >= 15 is 0 Å². The first-order valence-corrected chi connectivity index (χ1v) is 7.30. The monoisotopic (exact) mass is 254 g/mol. The number of amides is 1. The van der Waals surface area contributed by atoms with E-state index in [1.165, 1.54) is 0 Å². The van der Waals surface area contributed by atoms with Crippen LogP contribution in [0.15, 0.2) is 0 Å². The van der Waals surface area contributed by atoms with E-state index in [1.54, 1.807) is 0 Å². The first-order chi connectivity index (χ1) is 8.57. The first kappa shape index (κ1) is 13.8. The number of aliphatic hydroxyl groups is 1. The predicted octanol–water partition coefficient (Wildman–Crippen LogP) is 1.19. The fourth-order valence-corrected chi connectivity index (χ4v) is 2.53. The molecule has 0 aromatic carbocycles. The molecule has 0 atom stereocenters. The molecule has 4 heteroatoms. The second-order valence-electron chi connectivity index (χ2n) is 6.18. The molecule has 4 nitrogen and oxygen atoms in total. The normalized spacial score (nSPS) is 32.2. The molecule has 2 fully saturated rings. The van der Waals surface area contributed by atoms with Gasteiger partial charge in [-0.1, -0.05) is 6.92 Å². The van der Waals surface area contributed by atoms with E-state index in [-0.39, 0.29) is 5.91 Å². The Bertz CT molecular complexity index is 282. The average Bonchev–Trinajstić information content (AvgIpc) is 3.13. The van der Waals surface area contributed by atoms with Crippen LogP contribution in [0.5, 0.6) is 0 Å². The predicted molar refractivity (Wildman–Crippen MR) is 71.2 cm³/mol. The summed E-state index contributed by atoms with van der Waals surface area (Å²) < 4.78 is 0. The lowest BCUT2D eigenvalue weighted by atomic mass is 9.79. The van der Waals surface area contributed by atoms with Gasteiger partial charge in [-0.25, -0.2) is 0 Å². The van der Waals surface area contributed by atoms with Crippen molar-refractivity contribution in [3.05, 3.63) is 0 Å². The van der Waals surface area contributed by atoms with E-state index in [9.17, 15) is 9.90 Å². The van der Waals surface area contributed by atoms with Crippen molar-refractivity contribution in [3.8, 4) is 0 Å². The summed E-state index contributed by atoms with van der Waals surface area (Å²) >= 11 is 0. The Balaban J connectivity index is 1.55. The van der Waals surface area contributed by atoms with Crippen LogP contribution in [-0.2, 0) is 4.79 Å². The minimum Gasteiger partial charge on any atom is -0.389 e. The molecule has 0 unspecified atom stereocenters. The molecule has 2 aliphatic rings. The summed E-state index contributed by atoms with van der Waals surface area (Å²) in [5, 5.41) is 16.5. The highest BCUT2D eigenvalue weighted by Gasteiger charge is 2.31. The summed E-state index contributed by atoms with van der Waals surface area (Å²) in [5.41, 5.74) is -0.542. The van der Waals surface area contributed by atoms with Crippen LogP contribution in [0, 0.1) is 5.92 Å². The van der Waals surface area contributed by atoms with Crippen molar-refractivity contribution < 1.29 is 9.90 Å². The van der Waals surface area contributed by atoms with Crippen molar-refractivity contribution in [3.63, 3.8) is 0 Å². The van der Waals surface area contributed by atoms with Gasteiger partial charge in [0.05, 0.1) is 5.60 Å². The first-order valence-electron chi connectivity index (χ1n) is 7.30. The summed E-state index contributed by atoms with van der Waals surface area (Å²) in [5.74, 6) is 0.879. The van der Waals surface area contributed by atoms with Crippen molar-refractivity contribution in [1.29, 1.82) is 0 Å². The average molecular weight is 254 g/mol. The highest BCUT2D eigenvalue weighted by Crippen LogP contribution is 2.31. The topological polar surface area (TPSA) is 61.4 Å². The van der Waals surface area contributed by atoms with Crippen molar-refractivity contribution in [1.82, 2.24) is 10.6 Å². The van der Waals surface area contributed by atoms with Crippen molar-refractivity contribution >= 4 is 5.91 Å². The number of hydrogen-bond acceptors (Lipinski definition) is 3. The SMILES string of the molecule is CC1CCC(O)(CNCCC(=O)NC2CC2)CC1. The highest BCUT2D eigenvalue weighted by atomic mass is 16.3. The second kappa shape index (κ2) is 6.02. The molecule has 1 amide bonds. The minimum absolute atomic E-state index is 0.134. The molecule has 18 heavy (non-hydrogen) atoms. The smallest absolute Gasteiger partial charge is 0.221 e. The lowest BCUT2D eigenvalue weighted by Gasteiger charge is -2.35. The molecular weight excluding hydrogens is 228 g/mol. The fourth-order valence-electron chi connectivity index (χ4n) is 2.53. The largest absolute Gasteiger partial charge is 0.389 e. The van der Waals surface area contributed by atoms with Gasteiger partial charge in [0.15, 0.2) is 0 Å². The number of nitrogens with one attached hydrogen (secondary N) is 2. The molecule has 0 bridgehead atoms. The molecule has 2 saturated carbocycles. The zero-order chi connectivity index (χ0) is 13.0. The molecule has 0 spiro atoms. The van der Waals surface area contributed by atoms with Gasteiger partial charge in [0.2, 0.25) is 5.91 Å². The molecule has 0 aromatic heterocycles. The Hall–Kier alpha value is -0.610. The molecule has 104 valence electrons. The van der Waals surface area contributed by atoms with E-state index in [0.29, 0.717) is 25.6 Å². The third-order valence-electron chi connectivity index (χ3n) is 4.13. The zero-order valence-corrected chi connectivity index (χ0v) is 11.4. The molecule has 2 rings (SSSR count). The van der Waals surface area contributed by atoms with Gasteiger partial charge in [0.25, 0.3) is 0 Å². The van der Waals surface area contributed by atoms with Crippen LogP contribution in [0.25, 0.3) is 0 Å². The third-order valence-corrected chi connectivity index (χ3v) is 4.13. The Labute approximate surface area is 110 Å². The standard InChI is InChI=1S/C14H26N2O2/c1-11-4-7-14(18,8-5-11)10-15-9-6-13(17)16-12-2-3-12/h11-12,15,18H,2-10H2,1H3,(H,16,17). The number of hydrogen-bond donors (Lipinski definition) is 3. The Kier molecular flexibility index (Phi) is 4.62. The van der Waals surface area contributed by atoms with Crippen LogP contribution in [0.2, 0.25) is 0 Å². The molecule has 3 N–H and O–H groups in total. The molecule has 0 aromatic rings. The summed E-state index contributed by atoms with van der Waals surface area (Å²) in [6.07, 6.45) is 6.78. The number of carbonyl (C=O) groups is 1. The minimum atomic E-state index is -0.542. The van der Waals surface area contributed by atoms with Crippen LogP contribution in [0.1, 0.15) is 51.9 Å².